The molecular weight excluding hydrogens is 256 g/mol. The van der Waals surface area contributed by atoms with Gasteiger partial charge in [-0.15, -0.1) is 0 Å². The molecule has 0 aliphatic carbocycles. The molecule has 106 valence electrons. The first kappa shape index (κ1) is 15.7. The summed E-state index contributed by atoms with van der Waals surface area (Å²) < 4.78 is 0. The van der Waals surface area contributed by atoms with Crippen LogP contribution < -0.4 is 11.1 Å². The first-order valence-electron chi connectivity index (χ1n) is 6.31. The molecule has 0 spiro atoms. The maximum atomic E-state index is 12.1. The van der Waals surface area contributed by atoms with E-state index in [0.717, 1.165) is 0 Å². The number of likely N-dealkylation sites (N-methyl/N-ethyl adjacent to an activating group) is 1. The Morgan fingerprint density at radius 3 is 2.75 bits per heavy atom. The number of anilines is 1. The fourth-order valence-corrected chi connectivity index (χ4v) is 1.80. The number of primary amides is 1. The van der Waals surface area contributed by atoms with Gasteiger partial charge in [0.1, 0.15) is 0 Å². The van der Waals surface area contributed by atoms with Crippen LogP contribution >= 0.6 is 0 Å². The summed E-state index contributed by atoms with van der Waals surface area (Å²) in [6.07, 6.45) is 0. The molecule has 1 aromatic carbocycles. The molecular formula is C14H18N4O2. The number of hydrogen-bond acceptors (Lipinski definition) is 4. The Morgan fingerprint density at radius 1 is 1.50 bits per heavy atom. The standard InChI is InChI=1S/C14H18N4O2/c1-3-18(9-13(16)19)10(2)14(20)17-12-6-4-5-11(7-12)8-15/h4-7,10H,3,9H2,1-2H3,(H2,16,19)(H,17,20). The fourth-order valence-electron chi connectivity index (χ4n) is 1.80. The SMILES string of the molecule is CCN(CC(N)=O)C(C)C(=O)Nc1cccc(C#N)c1. The first-order chi connectivity index (χ1) is 9.47. The fraction of sp³-hybridized carbons (Fsp3) is 0.357. The number of nitrogens with two attached hydrogens (primary N) is 1. The van der Waals surface area contributed by atoms with Crippen LogP contribution in [0.15, 0.2) is 24.3 Å². The number of nitrogens with zero attached hydrogens (tertiary/aromatic N) is 2. The lowest BCUT2D eigenvalue weighted by Gasteiger charge is -2.25. The van der Waals surface area contributed by atoms with Gasteiger partial charge < -0.3 is 11.1 Å². The van der Waals surface area contributed by atoms with Crippen molar-refractivity contribution in [1.82, 2.24) is 4.90 Å². The number of hydrogen-bond donors (Lipinski definition) is 2. The molecule has 1 aromatic rings. The van der Waals surface area contributed by atoms with Gasteiger partial charge in [-0.05, 0) is 31.7 Å². The van der Waals surface area contributed by atoms with Gasteiger partial charge in [0.2, 0.25) is 11.8 Å². The van der Waals surface area contributed by atoms with Crippen molar-refractivity contribution in [1.29, 1.82) is 5.26 Å². The van der Waals surface area contributed by atoms with E-state index in [9.17, 15) is 9.59 Å². The Bertz CT molecular complexity index is 536. The van der Waals surface area contributed by atoms with Crippen LogP contribution in [0.2, 0.25) is 0 Å². The molecule has 0 fully saturated rings. The summed E-state index contributed by atoms with van der Waals surface area (Å²) in [5.41, 5.74) is 6.17. The van der Waals surface area contributed by atoms with E-state index in [0.29, 0.717) is 17.8 Å². The molecule has 0 saturated carbocycles. The quantitative estimate of drug-likeness (QED) is 0.797. The summed E-state index contributed by atoms with van der Waals surface area (Å²) in [5.74, 6) is -0.721. The smallest absolute Gasteiger partial charge is 0.241 e. The minimum Gasteiger partial charge on any atom is -0.369 e. The lowest BCUT2D eigenvalue weighted by Crippen LogP contribution is -2.45. The molecule has 3 N–H and O–H groups in total. The van der Waals surface area contributed by atoms with E-state index in [4.69, 9.17) is 11.0 Å². The van der Waals surface area contributed by atoms with Gasteiger partial charge in [0, 0.05) is 5.69 Å². The molecule has 1 rings (SSSR count). The Morgan fingerprint density at radius 2 is 2.20 bits per heavy atom. The molecule has 0 aromatic heterocycles. The van der Waals surface area contributed by atoms with Gasteiger partial charge in [-0.25, -0.2) is 0 Å². The van der Waals surface area contributed by atoms with Crippen LogP contribution in [0.4, 0.5) is 5.69 Å². The van der Waals surface area contributed by atoms with Gasteiger partial charge in [0.05, 0.1) is 24.2 Å². The Labute approximate surface area is 118 Å². The van der Waals surface area contributed by atoms with Crippen molar-refractivity contribution in [2.24, 2.45) is 5.73 Å². The maximum Gasteiger partial charge on any atom is 0.241 e. The number of rotatable bonds is 6. The van der Waals surface area contributed by atoms with Crippen LogP contribution in [-0.2, 0) is 9.59 Å². The molecule has 1 unspecified atom stereocenters. The summed E-state index contributed by atoms with van der Waals surface area (Å²) >= 11 is 0. The van der Waals surface area contributed by atoms with Crippen molar-refractivity contribution in [3.63, 3.8) is 0 Å². The van der Waals surface area contributed by atoms with Crippen molar-refractivity contribution < 1.29 is 9.59 Å². The van der Waals surface area contributed by atoms with Gasteiger partial charge in [-0.3, -0.25) is 14.5 Å². The minimum atomic E-state index is -0.488. The monoisotopic (exact) mass is 274 g/mol. The highest BCUT2D eigenvalue weighted by molar-refractivity contribution is 5.95. The second-order valence-corrected chi connectivity index (χ2v) is 4.39. The van der Waals surface area contributed by atoms with E-state index in [1.807, 2.05) is 13.0 Å². The van der Waals surface area contributed by atoms with Crippen LogP contribution in [-0.4, -0.2) is 35.8 Å². The maximum absolute atomic E-state index is 12.1. The number of nitrogens with one attached hydrogen (secondary N) is 1. The summed E-state index contributed by atoms with van der Waals surface area (Å²) in [4.78, 5) is 24.7. The van der Waals surface area contributed by atoms with Gasteiger partial charge in [0.15, 0.2) is 0 Å². The first-order valence-corrected chi connectivity index (χ1v) is 6.31. The van der Waals surface area contributed by atoms with E-state index in [1.54, 1.807) is 36.1 Å². The van der Waals surface area contributed by atoms with E-state index < -0.39 is 11.9 Å². The zero-order chi connectivity index (χ0) is 15.1. The average molecular weight is 274 g/mol. The average Bonchev–Trinajstić information content (AvgIpc) is 2.43. The minimum absolute atomic E-state index is 0.0311. The normalized spacial score (nSPS) is 11.7. The highest BCUT2D eigenvalue weighted by atomic mass is 16.2. The van der Waals surface area contributed by atoms with Crippen LogP contribution in [0.1, 0.15) is 19.4 Å². The molecule has 6 nitrogen and oxygen atoms in total. The van der Waals surface area contributed by atoms with E-state index in [-0.39, 0.29) is 12.5 Å². The zero-order valence-corrected chi connectivity index (χ0v) is 11.6. The largest absolute Gasteiger partial charge is 0.369 e. The van der Waals surface area contributed by atoms with Crippen molar-refractivity contribution in [3.05, 3.63) is 29.8 Å². The Kier molecular flexibility index (Phi) is 5.69. The number of carbonyl (C=O) groups is 2. The van der Waals surface area contributed by atoms with Gasteiger partial charge in [-0.1, -0.05) is 13.0 Å². The summed E-state index contributed by atoms with van der Waals surface area (Å²) in [6.45, 7) is 4.12. The Balaban J connectivity index is 2.74. The summed E-state index contributed by atoms with van der Waals surface area (Å²) in [5, 5.41) is 11.5. The second-order valence-electron chi connectivity index (χ2n) is 4.39. The predicted octanol–water partition coefficient (Wildman–Crippen LogP) is 0.692. The van der Waals surface area contributed by atoms with Gasteiger partial charge in [-0.2, -0.15) is 5.26 Å². The lowest BCUT2D eigenvalue weighted by atomic mass is 10.2. The second kappa shape index (κ2) is 7.26. The zero-order valence-electron chi connectivity index (χ0n) is 11.6. The molecule has 6 heteroatoms. The van der Waals surface area contributed by atoms with Crippen LogP contribution in [0.5, 0.6) is 0 Å². The van der Waals surface area contributed by atoms with E-state index in [2.05, 4.69) is 5.32 Å². The van der Waals surface area contributed by atoms with E-state index >= 15 is 0 Å². The van der Waals surface area contributed by atoms with E-state index in [1.165, 1.54) is 0 Å². The molecule has 20 heavy (non-hydrogen) atoms. The van der Waals surface area contributed by atoms with Crippen LogP contribution in [0.25, 0.3) is 0 Å². The molecule has 0 aliphatic heterocycles. The van der Waals surface area contributed by atoms with Crippen molar-refractivity contribution in [2.45, 2.75) is 19.9 Å². The Hall–Kier alpha value is -2.39. The van der Waals surface area contributed by atoms with Crippen LogP contribution in [0.3, 0.4) is 0 Å². The van der Waals surface area contributed by atoms with Crippen LogP contribution in [0, 0.1) is 11.3 Å². The number of amides is 2. The molecule has 0 bridgehead atoms. The highest BCUT2D eigenvalue weighted by Crippen LogP contribution is 2.11. The number of nitriles is 1. The number of benzene rings is 1. The molecule has 1 atom stereocenters. The molecule has 0 heterocycles. The van der Waals surface area contributed by atoms with Gasteiger partial charge in [0.25, 0.3) is 0 Å². The van der Waals surface area contributed by atoms with Gasteiger partial charge >= 0.3 is 0 Å². The molecule has 2 amide bonds. The van der Waals surface area contributed by atoms with Crippen molar-refractivity contribution >= 4 is 17.5 Å². The van der Waals surface area contributed by atoms with Crippen molar-refractivity contribution in [2.75, 3.05) is 18.4 Å². The molecule has 0 saturated heterocycles. The molecule has 0 radical (unpaired) electrons. The highest BCUT2D eigenvalue weighted by Gasteiger charge is 2.21. The third kappa shape index (κ3) is 4.37. The van der Waals surface area contributed by atoms with Crippen molar-refractivity contribution in [3.8, 4) is 6.07 Å². The third-order valence-corrected chi connectivity index (χ3v) is 2.95. The molecule has 0 aliphatic rings. The topological polar surface area (TPSA) is 99.2 Å². The third-order valence-electron chi connectivity index (χ3n) is 2.95. The summed E-state index contributed by atoms with van der Waals surface area (Å²) in [7, 11) is 0. The predicted molar refractivity (Wildman–Crippen MR) is 75.7 cm³/mol. The number of carbonyl (C=O) groups excluding carboxylic acids is 2. The summed E-state index contributed by atoms with van der Waals surface area (Å²) in [6, 6.07) is 8.17. The lowest BCUT2D eigenvalue weighted by molar-refractivity contribution is -0.123.